The van der Waals surface area contributed by atoms with E-state index in [1.54, 1.807) is 12.1 Å². The Kier molecular flexibility index (Phi) is 4.84. The van der Waals surface area contributed by atoms with E-state index in [0.29, 0.717) is 21.1 Å². The smallest absolute Gasteiger partial charge is 0.277 e. The van der Waals surface area contributed by atoms with Crippen LogP contribution in [0.3, 0.4) is 0 Å². The summed E-state index contributed by atoms with van der Waals surface area (Å²) in [5.41, 5.74) is 5.12. The first-order chi connectivity index (χ1) is 13.4. The predicted octanol–water partition coefficient (Wildman–Crippen LogP) is 2.17. The molecule has 3 heterocycles. The molecule has 0 atom stereocenters. The normalized spacial score (nSPS) is 15.8. The van der Waals surface area contributed by atoms with Crippen molar-refractivity contribution in [3.05, 3.63) is 51.1 Å². The van der Waals surface area contributed by atoms with Crippen molar-refractivity contribution in [2.24, 2.45) is 0 Å². The van der Waals surface area contributed by atoms with Crippen LogP contribution in [0.15, 0.2) is 30.5 Å². The van der Waals surface area contributed by atoms with E-state index < -0.39 is 4.92 Å². The van der Waals surface area contributed by atoms with Gasteiger partial charge in [-0.3, -0.25) is 24.7 Å². The Bertz CT molecular complexity index is 1050. The number of aryl methyl sites for hydroxylation is 1. The minimum Gasteiger partial charge on any atom is -0.304 e. The van der Waals surface area contributed by atoms with Crippen molar-refractivity contribution in [3.63, 3.8) is 0 Å². The van der Waals surface area contributed by atoms with Crippen molar-refractivity contribution in [1.29, 1.82) is 0 Å². The van der Waals surface area contributed by atoms with Gasteiger partial charge in [0, 0.05) is 55.8 Å². The fourth-order valence-corrected chi connectivity index (χ4v) is 4.19. The number of hydrazine groups is 1. The van der Waals surface area contributed by atoms with Gasteiger partial charge in [0.25, 0.3) is 11.6 Å². The van der Waals surface area contributed by atoms with E-state index in [4.69, 9.17) is 0 Å². The third-order valence-electron chi connectivity index (χ3n) is 4.88. The summed E-state index contributed by atoms with van der Waals surface area (Å²) in [7, 11) is 2.07. The van der Waals surface area contributed by atoms with Gasteiger partial charge in [-0.25, -0.2) is 9.99 Å². The van der Waals surface area contributed by atoms with Crippen LogP contribution in [0.5, 0.6) is 0 Å². The van der Waals surface area contributed by atoms with Gasteiger partial charge in [0.2, 0.25) is 0 Å². The van der Waals surface area contributed by atoms with E-state index >= 15 is 0 Å². The summed E-state index contributed by atoms with van der Waals surface area (Å²) in [5.74, 6) is -0.130. The average Bonchev–Trinajstić information content (AvgIpc) is 3.23. The fraction of sp³-hybridized carbons (Fsp3) is 0.333. The summed E-state index contributed by atoms with van der Waals surface area (Å²) < 4.78 is 1.86. The number of nitrogens with one attached hydrogen (secondary N) is 1. The lowest BCUT2D eigenvalue weighted by Crippen LogP contribution is -2.52. The minimum atomic E-state index is -0.423. The SMILES string of the molecule is Cc1c(C(=O)NN2CCN(C)CC2)sc2nc(-c3cccc([N+](=O)[O-])c3)cn12. The van der Waals surface area contributed by atoms with Crippen molar-refractivity contribution >= 4 is 27.9 Å². The molecule has 0 saturated carbocycles. The number of carbonyl (C=O) groups excluding carboxylic acids is 1. The number of fused-ring (bicyclic) bond motifs is 1. The molecule has 0 spiro atoms. The van der Waals surface area contributed by atoms with Gasteiger partial charge in [0.05, 0.1) is 10.6 Å². The number of benzene rings is 1. The molecule has 1 aliphatic rings. The number of hydrogen-bond acceptors (Lipinski definition) is 7. The zero-order valence-corrected chi connectivity index (χ0v) is 16.4. The Morgan fingerprint density at radius 3 is 2.71 bits per heavy atom. The highest BCUT2D eigenvalue weighted by Gasteiger charge is 2.22. The van der Waals surface area contributed by atoms with Crippen molar-refractivity contribution in [1.82, 2.24) is 24.7 Å². The average molecular weight is 400 g/mol. The maximum atomic E-state index is 12.7. The standard InChI is InChI=1S/C18H20N6O3S/c1-12-16(17(25)20-22-8-6-21(2)7-9-22)28-18-19-15(11-23(12)18)13-4-3-5-14(10-13)24(26)27/h3-5,10-11H,6-9H2,1-2H3,(H,20,25). The van der Waals surface area contributed by atoms with Gasteiger partial charge >= 0.3 is 0 Å². The number of aromatic nitrogens is 2. The van der Waals surface area contributed by atoms with E-state index in [0.717, 1.165) is 31.9 Å². The molecule has 1 N–H and O–H groups in total. The summed E-state index contributed by atoms with van der Waals surface area (Å²) in [6.45, 7) is 5.29. The van der Waals surface area contributed by atoms with Crippen LogP contribution in [0, 0.1) is 17.0 Å². The molecule has 146 valence electrons. The Morgan fingerprint density at radius 1 is 1.29 bits per heavy atom. The Labute approximate surface area is 165 Å². The van der Waals surface area contributed by atoms with Gasteiger partial charge in [0.15, 0.2) is 4.96 Å². The molecular formula is C18H20N6O3S. The Hall–Kier alpha value is -2.82. The number of nitro benzene ring substituents is 1. The first-order valence-corrected chi connectivity index (χ1v) is 9.72. The molecule has 0 unspecified atom stereocenters. The summed E-state index contributed by atoms with van der Waals surface area (Å²) in [6, 6.07) is 6.38. The van der Waals surface area contributed by atoms with E-state index in [-0.39, 0.29) is 11.6 Å². The van der Waals surface area contributed by atoms with Crippen molar-refractivity contribution in [2.75, 3.05) is 33.2 Å². The minimum absolute atomic E-state index is 0.0258. The van der Waals surface area contributed by atoms with Crippen LogP contribution in [-0.2, 0) is 0 Å². The number of rotatable bonds is 4. The molecule has 4 rings (SSSR count). The highest BCUT2D eigenvalue weighted by Crippen LogP contribution is 2.28. The van der Waals surface area contributed by atoms with Gasteiger partial charge in [-0.05, 0) is 14.0 Å². The van der Waals surface area contributed by atoms with Gasteiger partial charge in [-0.15, -0.1) is 0 Å². The number of nitrogens with zero attached hydrogens (tertiary/aromatic N) is 5. The molecule has 1 amide bonds. The summed E-state index contributed by atoms with van der Waals surface area (Å²) in [6.07, 6.45) is 1.81. The van der Waals surface area contributed by atoms with E-state index in [9.17, 15) is 14.9 Å². The lowest BCUT2D eigenvalue weighted by atomic mass is 10.1. The molecule has 0 aliphatic carbocycles. The fourth-order valence-electron chi connectivity index (χ4n) is 3.19. The first kappa shape index (κ1) is 18.5. The largest absolute Gasteiger partial charge is 0.304 e. The van der Waals surface area contributed by atoms with E-state index in [1.165, 1.54) is 23.5 Å². The Balaban J connectivity index is 1.57. The third kappa shape index (κ3) is 3.49. The number of piperazine rings is 1. The monoisotopic (exact) mass is 400 g/mol. The highest BCUT2D eigenvalue weighted by atomic mass is 32.1. The number of hydrogen-bond donors (Lipinski definition) is 1. The van der Waals surface area contributed by atoms with Crippen LogP contribution in [0.2, 0.25) is 0 Å². The molecule has 0 bridgehead atoms. The molecule has 1 aliphatic heterocycles. The summed E-state index contributed by atoms with van der Waals surface area (Å²) in [5, 5.41) is 12.9. The summed E-state index contributed by atoms with van der Waals surface area (Å²) >= 11 is 1.32. The molecule has 1 saturated heterocycles. The van der Waals surface area contributed by atoms with Crippen LogP contribution in [0.25, 0.3) is 16.2 Å². The third-order valence-corrected chi connectivity index (χ3v) is 6.03. The molecule has 3 aromatic rings. The lowest BCUT2D eigenvalue weighted by molar-refractivity contribution is -0.384. The molecule has 1 fully saturated rings. The number of amides is 1. The number of nitro groups is 1. The number of carbonyl (C=O) groups is 1. The molecule has 0 radical (unpaired) electrons. The van der Waals surface area contributed by atoms with Gasteiger partial charge in [-0.2, -0.15) is 0 Å². The van der Waals surface area contributed by atoms with Crippen LogP contribution >= 0.6 is 11.3 Å². The number of imidazole rings is 1. The molecule has 9 nitrogen and oxygen atoms in total. The molecule has 1 aromatic carbocycles. The van der Waals surface area contributed by atoms with Crippen molar-refractivity contribution in [2.45, 2.75) is 6.92 Å². The predicted molar refractivity (Wildman–Crippen MR) is 106 cm³/mol. The van der Waals surface area contributed by atoms with Crippen LogP contribution in [-0.4, -0.2) is 63.4 Å². The van der Waals surface area contributed by atoms with Gasteiger partial charge in [-0.1, -0.05) is 23.5 Å². The summed E-state index contributed by atoms with van der Waals surface area (Å²) in [4.78, 5) is 31.3. The molecular weight excluding hydrogens is 380 g/mol. The first-order valence-electron chi connectivity index (χ1n) is 8.90. The molecule has 28 heavy (non-hydrogen) atoms. The number of likely N-dealkylation sites (N-methyl/N-ethyl adjacent to an activating group) is 1. The zero-order chi connectivity index (χ0) is 19.8. The van der Waals surface area contributed by atoms with Crippen molar-refractivity contribution in [3.8, 4) is 11.3 Å². The van der Waals surface area contributed by atoms with Crippen LogP contribution < -0.4 is 5.43 Å². The molecule has 2 aromatic heterocycles. The highest BCUT2D eigenvalue weighted by molar-refractivity contribution is 7.19. The Morgan fingerprint density at radius 2 is 2.04 bits per heavy atom. The zero-order valence-electron chi connectivity index (χ0n) is 15.6. The number of thiazole rings is 1. The van der Waals surface area contributed by atoms with Crippen molar-refractivity contribution < 1.29 is 9.72 Å². The lowest BCUT2D eigenvalue weighted by Gasteiger charge is -2.32. The van der Waals surface area contributed by atoms with Gasteiger partial charge < -0.3 is 4.90 Å². The molecule has 10 heteroatoms. The maximum absolute atomic E-state index is 12.7. The quantitative estimate of drug-likeness (QED) is 0.533. The van der Waals surface area contributed by atoms with E-state index in [2.05, 4.69) is 22.4 Å². The second-order valence-corrected chi connectivity index (χ2v) is 7.81. The van der Waals surface area contributed by atoms with E-state index in [1.807, 2.05) is 22.5 Å². The number of non-ortho nitro benzene ring substituents is 1. The second kappa shape index (κ2) is 7.30. The maximum Gasteiger partial charge on any atom is 0.277 e. The van der Waals surface area contributed by atoms with Crippen LogP contribution in [0.4, 0.5) is 5.69 Å². The topological polar surface area (TPSA) is 96.0 Å². The second-order valence-electron chi connectivity index (χ2n) is 6.83. The van der Waals surface area contributed by atoms with Crippen LogP contribution in [0.1, 0.15) is 15.4 Å². The van der Waals surface area contributed by atoms with Gasteiger partial charge in [0.1, 0.15) is 4.88 Å².